The second-order valence-corrected chi connectivity index (χ2v) is 5.91. The van der Waals surface area contributed by atoms with Crippen LogP contribution in [0, 0.1) is 18.8 Å². The maximum atomic E-state index is 12.7. The Morgan fingerprint density at radius 3 is 2.62 bits per heavy atom. The molecule has 0 spiro atoms. The molecule has 3 heterocycles. The minimum absolute atomic E-state index is 0.237. The molecule has 3 aliphatic heterocycles. The van der Waals surface area contributed by atoms with Crippen molar-refractivity contribution in [3.8, 4) is 0 Å². The zero-order valence-electron chi connectivity index (χ0n) is 11.5. The lowest BCUT2D eigenvalue weighted by Gasteiger charge is -2.26. The van der Waals surface area contributed by atoms with E-state index in [1.54, 1.807) is 24.3 Å². The highest BCUT2D eigenvalue weighted by molar-refractivity contribution is 6.23. The van der Waals surface area contributed by atoms with Crippen LogP contribution in [-0.4, -0.2) is 35.2 Å². The summed E-state index contributed by atoms with van der Waals surface area (Å²) < 4.78 is 5.69. The number of anilines is 1. The number of aryl methyl sites for hydroxylation is 1. The molecule has 5 heteroatoms. The Hall–Kier alpha value is -1.98. The van der Waals surface area contributed by atoms with Gasteiger partial charge in [-0.1, -0.05) is 29.8 Å². The topological polar surface area (TPSA) is 66.8 Å². The van der Waals surface area contributed by atoms with Crippen LogP contribution in [0.5, 0.6) is 0 Å². The Morgan fingerprint density at radius 2 is 1.95 bits per heavy atom. The molecule has 3 aliphatic rings. The number of hydrogen-bond acceptors (Lipinski definition) is 4. The van der Waals surface area contributed by atoms with Gasteiger partial charge in [0.15, 0.2) is 0 Å². The van der Waals surface area contributed by atoms with Crippen molar-refractivity contribution in [3.63, 3.8) is 0 Å². The maximum absolute atomic E-state index is 12.7. The van der Waals surface area contributed by atoms with Gasteiger partial charge in [0, 0.05) is 0 Å². The zero-order chi connectivity index (χ0) is 14.8. The van der Waals surface area contributed by atoms with Crippen molar-refractivity contribution >= 4 is 17.5 Å². The van der Waals surface area contributed by atoms with Crippen molar-refractivity contribution in [1.82, 2.24) is 0 Å². The van der Waals surface area contributed by atoms with Crippen molar-refractivity contribution in [2.24, 2.45) is 11.8 Å². The number of imide groups is 1. The van der Waals surface area contributed by atoms with Gasteiger partial charge in [0.25, 0.3) is 0 Å². The van der Waals surface area contributed by atoms with Crippen LogP contribution in [-0.2, 0) is 14.3 Å². The van der Waals surface area contributed by atoms with Crippen molar-refractivity contribution in [1.29, 1.82) is 0 Å². The van der Waals surface area contributed by atoms with Gasteiger partial charge in [-0.15, -0.1) is 0 Å². The summed E-state index contributed by atoms with van der Waals surface area (Å²) >= 11 is 0. The summed E-state index contributed by atoms with van der Waals surface area (Å²) in [5.74, 6) is -1.66. The molecular weight excluding hydrogens is 270 g/mol. The molecule has 2 amide bonds. The van der Waals surface area contributed by atoms with E-state index in [0.717, 1.165) is 5.56 Å². The normalized spacial score (nSPS) is 36.7. The molecule has 0 aromatic heterocycles. The Labute approximate surface area is 121 Å². The van der Waals surface area contributed by atoms with E-state index in [-0.39, 0.29) is 18.4 Å². The second-order valence-electron chi connectivity index (χ2n) is 5.91. The van der Waals surface area contributed by atoms with Gasteiger partial charge in [-0.25, -0.2) is 4.90 Å². The molecule has 21 heavy (non-hydrogen) atoms. The van der Waals surface area contributed by atoms with Gasteiger partial charge in [-0.05, 0) is 19.1 Å². The van der Waals surface area contributed by atoms with Gasteiger partial charge in [0.1, 0.15) is 5.60 Å². The molecule has 4 rings (SSSR count). The maximum Gasteiger partial charge on any atom is 0.241 e. The summed E-state index contributed by atoms with van der Waals surface area (Å²) in [6.45, 7) is 1.66. The summed E-state index contributed by atoms with van der Waals surface area (Å²) in [6.07, 6.45) is 3.10. The number of rotatable bonds is 2. The van der Waals surface area contributed by atoms with E-state index in [1.807, 2.05) is 19.1 Å². The van der Waals surface area contributed by atoms with Crippen LogP contribution in [0.3, 0.4) is 0 Å². The van der Waals surface area contributed by atoms with E-state index in [4.69, 9.17) is 4.74 Å². The Bertz CT molecular complexity index is 665. The fraction of sp³-hybridized carbons (Fsp3) is 0.375. The van der Waals surface area contributed by atoms with Gasteiger partial charge < -0.3 is 9.84 Å². The number of benzene rings is 1. The number of aliphatic hydroxyl groups excluding tert-OH is 1. The number of carbonyl (C=O) groups is 2. The van der Waals surface area contributed by atoms with Gasteiger partial charge in [0.05, 0.1) is 30.2 Å². The SMILES string of the molecule is Cc1ccc(N2C(=O)[C@@H]3[C@H]4C=C[C@@](CO)(O4)[C@H]3C2=O)cc1. The smallest absolute Gasteiger partial charge is 0.241 e. The average molecular weight is 285 g/mol. The molecule has 4 atom stereocenters. The first-order valence-corrected chi connectivity index (χ1v) is 7.00. The molecule has 2 bridgehead atoms. The highest BCUT2D eigenvalue weighted by Gasteiger charge is 2.67. The molecule has 0 saturated carbocycles. The summed E-state index contributed by atoms with van der Waals surface area (Å²) in [7, 11) is 0. The van der Waals surface area contributed by atoms with Crippen molar-refractivity contribution in [2.75, 3.05) is 11.5 Å². The standard InChI is InChI=1S/C16H15NO4/c1-9-2-4-10(5-3-9)17-14(19)12-11-6-7-16(8-18,21-11)13(12)15(17)20/h2-7,11-13,18H,8H2,1H3/t11-,12-,13-,16+/m1/s1. The molecular formula is C16H15NO4. The first-order chi connectivity index (χ1) is 10.1. The Balaban J connectivity index is 1.77. The van der Waals surface area contributed by atoms with E-state index in [1.165, 1.54) is 4.90 Å². The molecule has 1 aromatic carbocycles. The van der Waals surface area contributed by atoms with Crippen LogP contribution in [0.1, 0.15) is 5.56 Å². The number of carbonyl (C=O) groups excluding carboxylic acids is 2. The first-order valence-electron chi connectivity index (χ1n) is 7.00. The van der Waals surface area contributed by atoms with E-state index >= 15 is 0 Å². The van der Waals surface area contributed by atoms with Gasteiger partial charge in [-0.3, -0.25) is 9.59 Å². The minimum atomic E-state index is -1.03. The largest absolute Gasteiger partial charge is 0.393 e. The lowest BCUT2D eigenvalue weighted by Crippen LogP contribution is -2.43. The van der Waals surface area contributed by atoms with Crippen LogP contribution >= 0.6 is 0 Å². The van der Waals surface area contributed by atoms with Crippen LogP contribution in [0.15, 0.2) is 36.4 Å². The van der Waals surface area contributed by atoms with Crippen LogP contribution in [0.25, 0.3) is 0 Å². The van der Waals surface area contributed by atoms with Gasteiger partial charge >= 0.3 is 0 Å². The minimum Gasteiger partial charge on any atom is -0.393 e. The van der Waals surface area contributed by atoms with Crippen molar-refractivity contribution in [3.05, 3.63) is 42.0 Å². The lowest BCUT2D eigenvalue weighted by atomic mass is 9.77. The fourth-order valence-electron chi connectivity index (χ4n) is 3.63. The van der Waals surface area contributed by atoms with Crippen LogP contribution in [0.2, 0.25) is 0 Å². The third-order valence-corrected chi connectivity index (χ3v) is 4.69. The molecule has 5 nitrogen and oxygen atoms in total. The molecule has 108 valence electrons. The highest BCUT2D eigenvalue weighted by Crippen LogP contribution is 2.52. The van der Waals surface area contributed by atoms with E-state index < -0.39 is 23.5 Å². The summed E-state index contributed by atoms with van der Waals surface area (Å²) in [4.78, 5) is 26.6. The molecule has 2 saturated heterocycles. The van der Waals surface area contributed by atoms with Crippen LogP contribution < -0.4 is 4.90 Å². The monoisotopic (exact) mass is 285 g/mol. The van der Waals surface area contributed by atoms with E-state index in [9.17, 15) is 14.7 Å². The molecule has 0 aliphatic carbocycles. The van der Waals surface area contributed by atoms with Crippen molar-refractivity contribution < 1.29 is 19.4 Å². The third kappa shape index (κ3) is 1.47. The Kier molecular flexibility index (Phi) is 2.44. The number of nitrogens with zero attached hydrogens (tertiary/aromatic N) is 1. The molecule has 0 radical (unpaired) electrons. The number of aliphatic hydroxyl groups is 1. The van der Waals surface area contributed by atoms with Crippen LogP contribution in [0.4, 0.5) is 5.69 Å². The average Bonchev–Trinajstić information content (AvgIpc) is 3.12. The fourth-order valence-corrected chi connectivity index (χ4v) is 3.63. The van der Waals surface area contributed by atoms with E-state index in [0.29, 0.717) is 5.69 Å². The lowest BCUT2D eigenvalue weighted by molar-refractivity contribution is -0.128. The van der Waals surface area contributed by atoms with E-state index in [2.05, 4.69) is 0 Å². The zero-order valence-corrected chi connectivity index (χ0v) is 11.5. The summed E-state index contributed by atoms with van der Waals surface area (Å²) in [5, 5.41) is 9.63. The summed E-state index contributed by atoms with van der Waals surface area (Å²) in [6, 6.07) is 7.28. The molecule has 1 aromatic rings. The van der Waals surface area contributed by atoms with Gasteiger partial charge in [-0.2, -0.15) is 0 Å². The third-order valence-electron chi connectivity index (χ3n) is 4.69. The highest BCUT2D eigenvalue weighted by atomic mass is 16.5. The van der Waals surface area contributed by atoms with Crippen molar-refractivity contribution in [2.45, 2.75) is 18.6 Å². The second kappa shape index (κ2) is 4.02. The number of fused-ring (bicyclic) bond motifs is 5. The Morgan fingerprint density at radius 1 is 1.24 bits per heavy atom. The predicted molar refractivity (Wildman–Crippen MR) is 74.5 cm³/mol. The summed E-state index contributed by atoms with van der Waals surface area (Å²) in [5.41, 5.74) is 0.619. The quantitative estimate of drug-likeness (QED) is 0.645. The number of hydrogen-bond donors (Lipinski definition) is 1. The van der Waals surface area contributed by atoms with Gasteiger partial charge in [0.2, 0.25) is 11.8 Å². The number of amides is 2. The molecule has 0 unspecified atom stereocenters. The predicted octanol–water partition coefficient (Wildman–Crippen LogP) is 0.800. The molecule has 2 fully saturated rings. The first kappa shape index (κ1) is 12.7. The molecule has 1 N–H and O–H groups in total. The number of ether oxygens (including phenoxy) is 1.